The van der Waals surface area contributed by atoms with Crippen LogP contribution in [0, 0.1) is 15.5 Å². The maximum absolute atomic E-state index is 11.1. The van der Waals surface area contributed by atoms with E-state index in [9.17, 15) is 15.2 Å². The number of aliphatic hydroxyl groups excluding tert-OH is 1. The summed E-state index contributed by atoms with van der Waals surface area (Å²) in [6.45, 7) is 7.21. The summed E-state index contributed by atoms with van der Waals surface area (Å²) in [5.74, 6) is 0. The van der Waals surface area contributed by atoms with Gasteiger partial charge in [0.2, 0.25) is 0 Å². The molecule has 1 aromatic rings. The van der Waals surface area contributed by atoms with Crippen molar-refractivity contribution in [1.29, 1.82) is 0 Å². The molecule has 0 aliphatic carbocycles. The number of non-ortho nitro benzene ring substituents is 1. The molecule has 2 N–H and O–H groups in total. The van der Waals surface area contributed by atoms with Crippen molar-refractivity contribution < 1.29 is 10.0 Å². The SMILES string of the molecule is CC(C)(CO)[C@@H](c1cc([N+](=O)[O-])ccc1Cl)N1CCNCC1.Cl. The molecule has 0 spiro atoms. The van der Waals surface area contributed by atoms with E-state index < -0.39 is 10.3 Å². The number of nitrogens with one attached hydrogen (secondary N) is 1. The van der Waals surface area contributed by atoms with Gasteiger partial charge in [-0.05, 0) is 11.6 Å². The molecule has 0 radical (unpaired) electrons. The molecule has 1 saturated heterocycles. The second-order valence-corrected chi connectivity index (χ2v) is 6.71. The Morgan fingerprint density at radius 2 is 2.04 bits per heavy atom. The first-order chi connectivity index (χ1) is 10.4. The molecule has 130 valence electrons. The topological polar surface area (TPSA) is 78.6 Å². The van der Waals surface area contributed by atoms with E-state index in [4.69, 9.17) is 11.6 Å². The Hall–Kier alpha value is -0.920. The van der Waals surface area contributed by atoms with Crippen LogP contribution in [0.2, 0.25) is 5.02 Å². The first-order valence-electron chi connectivity index (χ1n) is 7.36. The average molecular weight is 364 g/mol. The van der Waals surface area contributed by atoms with Crippen molar-refractivity contribution in [3.63, 3.8) is 0 Å². The smallest absolute Gasteiger partial charge is 0.269 e. The molecule has 1 fully saturated rings. The molecule has 2 rings (SSSR count). The number of halogens is 2. The summed E-state index contributed by atoms with van der Waals surface area (Å²) in [6.07, 6.45) is 0. The molecule has 23 heavy (non-hydrogen) atoms. The maximum Gasteiger partial charge on any atom is 0.269 e. The minimum Gasteiger partial charge on any atom is -0.396 e. The molecule has 1 aliphatic rings. The fourth-order valence-electron chi connectivity index (χ4n) is 2.99. The highest BCUT2D eigenvalue weighted by Gasteiger charge is 2.37. The van der Waals surface area contributed by atoms with Crippen LogP contribution in [0.4, 0.5) is 5.69 Å². The minimum atomic E-state index is -0.462. The van der Waals surface area contributed by atoms with Crippen molar-refractivity contribution in [2.24, 2.45) is 5.41 Å². The number of nitrogens with zero attached hydrogens (tertiary/aromatic N) is 2. The molecule has 6 nitrogen and oxygen atoms in total. The fraction of sp³-hybridized carbons (Fsp3) is 0.600. The molecular formula is C15H23Cl2N3O3. The van der Waals surface area contributed by atoms with E-state index in [-0.39, 0.29) is 30.7 Å². The van der Waals surface area contributed by atoms with E-state index >= 15 is 0 Å². The maximum atomic E-state index is 11.1. The van der Waals surface area contributed by atoms with Crippen LogP contribution < -0.4 is 5.32 Å². The lowest BCUT2D eigenvalue weighted by molar-refractivity contribution is -0.385. The van der Waals surface area contributed by atoms with Crippen LogP contribution in [0.5, 0.6) is 0 Å². The van der Waals surface area contributed by atoms with E-state index in [1.165, 1.54) is 12.1 Å². The minimum absolute atomic E-state index is 0. The molecule has 0 saturated carbocycles. The predicted molar refractivity (Wildman–Crippen MR) is 93.4 cm³/mol. The predicted octanol–water partition coefficient (Wildman–Crippen LogP) is 2.63. The lowest BCUT2D eigenvalue weighted by atomic mass is 9.79. The second kappa shape index (κ2) is 8.26. The summed E-state index contributed by atoms with van der Waals surface area (Å²) < 4.78 is 0. The van der Waals surface area contributed by atoms with Gasteiger partial charge in [-0.15, -0.1) is 12.4 Å². The van der Waals surface area contributed by atoms with Crippen LogP contribution in [0.15, 0.2) is 18.2 Å². The normalized spacial score (nSPS) is 17.4. The van der Waals surface area contributed by atoms with Gasteiger partial charge in [-0.3, -0.25) is 15.0 Å². The van der Waals surface area contributed by atoms with Gasteiger partial charge in [-0.1, -0.05) is 25.4 Å². The zero-order chi connectivity index (χ0) is 16.3. The highest BCUT2D eigenvalue weighted by Crippen LogP contribution is 2.42. The van der Waals surface area contributed by atoms with Crippen LogP contribution in [0.1, 0.15) is 25.5 Å². The number of rotatable bonds is 5. The zero-order valence-electron chi connectivity index (χ0n) is 13.3. The molecule has 0 aromatic heterocycles. The number of piperazine rings is 1. The third-order valence-corrected chi connectivity index (χ3v) is 4.49. The van der Waals surface area contributed by atoms with E-state index in [0.717, 1.165) is 26.2 Å². The van der Waals surface area contributed by atoms with Crippen molar-refractivity contribution in [1.82, 2.24) is 10.2 Å². The quantitative estimate of drug-likeness (QED) is 0.620. The van der Waals surface area contributed by atoms with Gasteiger partial charge < -0.3 is 10.4 Å². The van der Waals surface area contributed by atoms with Gasteiger partial charge in [0, 0.05) is 61.4 Å². The number of benzene rings is 1. The summed E-state index contributed by atoms with van der Waals surface area (Å²) in [5, 5.41) is 24.7. The number of nitro groups is 1. The van der Waals surface area contributed by atoms with E-state index in [1.54, 1.807) is 6.07 Å². The summed E-state index contributed by atoms with van der Waals surface area (Å²) >= 11 is 6.33. The molecule has 1 atom stereocenters. The van der Waals surface area contributed by atoms with Crippen molar-refractivity contribution in [2.75, 3.05) is 32.8 Å². The molecule has 1 heterocycles. The van der Waals surface area contributed by atoms with Crippen LogP contribution in [-0.4, -0.2) is 47.7 Å². The van der Waals surface area contributed by atoms with Gasteiger partial charge in [-0.25, -0.2) is 0 Å². The molecule has 0 bridgehead atoms. The Bertz CT molecular complexity index is 549. The monoisotopic (exact) mass is 363 g/mol. The van der Waals surface area contributed by atoms with Gasteiger partial charge in [0.25, 0.3) is 5.69 Å². The Morgan fingerprint density at radius 1 is 1.43 bits per heavy atom. The molecule has 0 amide bonds. The molecule has 1 aromatic carbocycles. The molecule has 8 heteroatoms. The first kappa shape index (κ1) is 20.1. The third-order valence-electron chi connectivity index (χ3n) is 4.15. The van der Waals surface area contributed by atoms with Crippen molar-refractivity contribution in [2.45, 2.75) is 19.9 Å². The summed E-state index contributed by atoms with van der Waals surface area (Å²) in [5.41, 5.74) is 0.265. The van der Waals surface area contributed by atoms with Crippen LogP contribution in [0.3, 0.4) is 0 Å². The van der Waals surface area contributed by atoms with E-state index in [1.807, 2.05) is 13.8 Å². The largest absolute Gasteiger partial charge is 0.396 e. The molecular weight excluding hydrogens is 341 g/mol. The Labute approximate surface area is 147 Å². The average Bonchev–Trinajstić information content (AvgIpc) is 2.50. The Kier molecular flexibility index (Phi) is 7.23. The van der Waals surface area contributed by atoms with Crippen LogP contribution in [-0.2, 0) is 0 Å². The van der Waals surface area contributed by atoms with Crippen molar-refractivity contribution in [3.8, 4) is 0 Å². The van der Waals surface area contributed by atoms with Gasteiger partial charge in [0.1, 0.15) is 0 Å². The number of hydrogen-bond acceptors (Lipinski definition) is 5. The first-order valence-corrected chi connectivity index (χ1v) is 7.74. The van der Waals surface area contributed by atoms with Gasteiger partial charge >= 0.3 is 0 Å². The molecule has 1 aliphatic heterocycles. The summed E-state index contributed by atoms with van der Waals surface area (Å²) in [4.78, 5) is 12.9. The Morgan fingerprint density at radius 3 is 2.57 bits per heavy atom. The second-order valence-electron chi connectivity index (χ2n) is 6.30. The van der Waals surface area contributed by atoms with Gasteiger partial charge in [-0.2, -0.15) is 0 Å². The Balaban J connectivity index is 0.00000264. The highest BCUT2D eigenvalue weighted by atomic mass is 35.5. The fourth-order valence-corrected chi connectivity index (χ4v) is 3.21. The van der Waals surface area contributed by atoms with E-state index in [2.05, 4.69) is 10.2 Å². The lowest BCUT2D eigenvalue weighted by Gasteiger charge is -2.43. The third kappa shape index (κ3) is 4.55. The zero-order valence-corrected chi connectivity index (χ0v) is 14.9. The van der Waals surface area contributed by atoms with Gasteiger partial charge in [0.15, 0.2) is 0 Å². The van der Waals surface area contributed by atoms with Crippen LogP contribution >= 0.6 is 24.0 Å². The highest BCUT2D eigenvalue weighted by molar-refractivity contribution is 6.31. The number of nitro benzene ring substituents is 1. The standard InChI is InChI=1S/C15H22ClN3O3.ClH/c1-15(2,10-20)14(18-7-5-17-6-8-18)12-9-11(19(21)22)3-4-13(12)16;/h3-4,9,14,17,20H,5-8,10H2,1-2H3;1H/t14-;/m1./s1. The van der Waals surface area contributed by atoms with Crippen LogP contribution in [0.25, 0.3) is 0 Å². The van der Waals surface area contributed by atoms with Gasteiger partial charge in [0.05, 0.1) is 4.92 Å². The lowest BCUT2D eigenvalue weighted by Crippen LogP contribution is -2.49. The van der Waals surface area contributed by atoms with Crippen molar-refractivity contribution >= 4 is 29.7 Å². The number of hydrogen-bond donors (Lipinski definition) is 2. The van der Waals surface area contributed by atoms with Crippen molar-refractivity contribution in [3.05, 3.63) is 38.9 Å². The number of aliphatic hydroxyl groups is 1. The summed E-state index contributed by atoms with van der Waals surface area (Å²) in [7, 11) is 0. The molecule has 0 unspecified atom stereocenters. The summed E-state index contributed by atoms with van der Waals surface area (Å²) in [6, 6.07) is 4.34. The van der Waals surface area contributed by atoms with E-state index in [0.29, 0.717) is 10.6 Å².